The highest BCUT2D eigenvalue weighted by Crippen LogP contribution is 2.34. The lowest BCUT2D eigenvalue weighted by atomic mass is 10.1. The maximum absolute atomic E-state index is 12.5. The fourth-order valence-corrected chi connectivity index (χ4v) is 3.61. The summed E-state index contributed by atoms with van der Waals surface area (Å²) in [6.45, 7) is 9.40. The molecule has 1 aliphatic heterocycles. The zero-order valence-corrected chi connectivity index (χ0v) is 16.3. The van der Waals surface area contributed by atoms with Crippen molar-refractivity contribution in [3.63, 3.8) is 0 Å². The van der Waals surface area contributed by atoms with Gasteiger partial charge in [-0.25, -0.2) is 4.79 Å². The standard InChI is InChI=1S/C19H24N2O4S/c1-5-20(6-2)15-10-8-14(9-11-15)12-16-17(22)21(19(24)26-16)13(4)18(23)25-7-3/h8-13H,5-7H2,1-4H3. The zero-order valence-electron chi connectivity index (χ0n) is 15.5. The Kier molecular flexibility index (Phi) is 6.85. The molecule has 1 unspecified atom stereocenters. The normalized spacial score (nSPS) is 16.9. The summed E-state index contributed by atoms with van der Waals surface area (Å²) in [6, 6.07) is 6.87. The first-order valence-electron chi connectivity index (χ1n) is 8.71. The van der Waals surface area contributed by atoms with E-state index in [9.17, 15) is 14.4 Å². The molecule has 1 heterocycles. The van der Waals surface area contributed by atoms with Gasteiger partial charge in [0.2, 0.25) is 0 Å². The Labute approximate surface area is 158 Å². The monoisotopic (exact) mass is 376 g/mol. The molecule has 0 saturated carbocycles. The van der Waals surface area contributed by atoms with E-state index in [-0.39, 0.29) is 6.61 Å². The van der Waals surface area contributed by atoms with Crippen molar-refractivity contribution >= 4 is 40.6 Å². The summed E-state index contributed by atoms with van der Waals surface area (Å²) in [5.41, 5.74) is 1.94. The average Bonchev–Trinajstić information content (AvgIpc) is 2.90. The molecular weight excluding hydrogens is 352 g/mol. The van der Waals surface area contributed by atoms with Crippen LogP contribution in [0, 0.1) is 0 Å². The van der Waals surface area contributed by atoms with Crippen LogP contribution in [0.3, 0.4) is 0 Å². The number of thioether (sulfide) groups is 1. The molecule has 0 aliphatic carbocycles. The molecule has 1 fully saturated rings. The number of hydrogen-bond acceptors (Lipinski definition) is 6. The minimum atomic E-state index is -0.932. The molecule has 0 spiro atoms. The first-order valence-corrected chi connectivity index (χ1v) is 9.53. The Morgan fingerprint density at radius 2 is 1.81 bits per heavy atom. The van der Waals surface area contributed by atoms with Crippen LogP contribution in [0.1, 0.15) is 33.3 Å². The molecule has 0 N–H and O–H groups in total. The smallest absolute Gasteiger partial charge is 0.329 e. The lowest BCUT2D eigenvalue weighted by Gasteiger charge is -2.20. The molecule has 2 amide bonds. The van der Waals surface area contributed by atoms with Gasteiger partial charge in [-0.1, -0.05) is 12.1 Å². The molecule has 1 saturated heterocycles. The summed E-state index contributed by atoms with van der Waals surface area (Å²) in [7, 11) is 0. The molecule has 0 bridgehead atoms. The molecule has 1 aliphatic rings. The number of carbonyl (C=O) groups is 3. The van der Waals surface area contributed by atoms with Gasteiger partial charge in [0.1, 0.15) is 6.04 Å². The Morgan fingerprint density at radius 3 is 2.35 bits per heavy atom. The average molecular weight is 376 g/mol. The van der Waals surface area contributed by atoms with E-state index in [1.54, 1.807) is 13.0 Å². The third kappa shape index (κ3) is 4.27. The Morgan fingerprint density at radius 1 is 1.19 bits per heavy atom. The highest BCUT2D eigenvalue weighted by Gasteiger charge is 2.41. The molecule has 2 rings (SSSR count). The van der Waals surface area contributed by atoms with E-state index in [0.29, 0.717) is 4.91 Å². The minimum absolute atomic E-state index is 0.203. The lowest BCUT2D eigenvalue weighted by Crippen LogP contribution is -2.42. The van der Waals surface area contributed by atoms with Crippen LogP contribution in [-0.2, 0) is 14.3 Å². The zero-order chi connectivity index (χ0) is 19.3. The van der Waals surface area contributed by atoms with Gasteiger partial charge in [-0.05, 0) is 63.2 Å². The summed E-state index contributed by atoms with van der Waals surface area (Å²) in [5, 5.41) is -0.457. The van der Waals surface area contributed by atoms with Crippen LogP contribution in [0.2, 0.25) is 0 Å². The van der Waals surface area contributed by atoms with Gasteiger partial charge < -0.3 is 9.64 Å². The van der Waals surface area contributed by atoms with Crippen molar-refractivity contribution in [2.45, 2.75) is 33.7 Å². The van der Waals surface area contributed by atoms with Gasteiger partial charge in [-0.2, -0.15) is 0 Å². The van der Waals surface area contributed by atoms with E-state index < -0.39 is 23.2 Å². The summed E-state index contributed by atoms with van der Waals surface area (Å²) in [6.07, 6.45) is 1.68. The van der Waals surface area contributed by atoms with Gasteiger partial charge >= 0.3 is 5.97 Å². The number of esters is 1. The van der Waals surface area contributed by atoms with Gasteiger partial charge in [0.05, 0.1) is 11.5 Å². The van der Waals surface area contributed by atoms with E-state index >= 15 is 0 Å². The van der Waals surface area contributed by atoms with Crippen LogP contribution in [0.5, 0.6) is 0 Å². The van der Waals surface area contributed by atoms with Crippen molar-refractivity contribution < 1.29 is 19.1 Å². The van der Waals surface area contributed by atoms with Crippen LogP contribution in [0.25, 0.3) is 6.08 Å². The number of nitrogens with zero attached hydrogens (tertiary/aromatic N) is 2. The molecule has 0 radical (unpaired) electrons. The topological polar surface area (TPSA) is 66.9 Å². The van der Waals surface area contributed by atoms with Gasteiger partial charge in [0.25, 0.3) is 11.1 Å². The number of hydrogen-bond donors (Lipinski definition) is 0. The lowest BCUT2D eigenvalue weighted by molar-refractivity contribution is -0.150. The third-order valence-corrected chi connectivity index (χ3v) is 5.04. The van der Waals surface area contributed by atoms with E-state index in [1.165, 1.54) is 6.92 Å². The largest absolute Gasteiger partial charge is 0.464 e. The van der Waals surface area contributed by atoms with Crippen LogP contribution in [0.4, 0.5) is 10.5 Å². The van der Waals surface area contributed by atoms with E-state index in [0.717, 1.165) is 41.0 Å². The number of amides is 2. The van der Waals surface area contributed by atoms with Crippen molar-refractivity contribution in [2.75, 3.05) is 24.6 Å². The molecule has 0 aromatic heterocycles. The highest BCUT2D eigenvalue weighted by atomic mass is 32.2. The van der Waals surface area contributed by atoms with E-state index in [2.05, 4.69) is 18.7 Å². The van der Waals surface area contributed by atoms with Crippen LogP contribution in [0.15, 0.2) is 29.2 Å². The van der Waals surface area contributed by atoms with Crippen LogP contribution >= 0.6 is 11.8 Å². The first kappa shape index (κ1) is 20.0. The van der Waals surface area contributed by atoms with Crippen molar-refractivity contribution in [2.24, 2.45) is 0 Å². The van der Waals surface area contributed by atoms with Crippen molar-refractivity contribution in [1.82, 2.24) is 4.90 Å². The molecule has 6 nitrogen and oxygen atoms in total. The quantitative estimate of drug-likeness (QED) is 0.536. The summed E-state index contributed by atoms with van der Waals surface area (Å²) in [4.78, 5) is 40.0. The maximum atomic E-state index is 12.5. The van der Waals surface area contributed by atoms with Gasteiger partial charge in [0, 0.05) is 18.8 Å². The Balaban J connectivity index is 2.18. The summed E-state index contributed by atoms with van der Waals surface area (Å²) in [5.74, 6) is -1.05. The molecule has 1 aromatic rings. The van der Waals surface area contributed by atoms with Gasteiger partial charge in [0.15, 0.2) is 0 Å². The van der Waals surface area contributed by atoms with E-state index in [1.807, 2.05) is 24.3 Å². The van der Waals surface area contributed by atoms with Crippen LogP contribution < -0.4 is 4.90 Å². The minimum Gasteiger partial charge on any atom is -0.464 e. The van der Waals surface area contributed by atoms with Crippen molar-refractivity contribution in [3.05, 3.63) is 34.7 Å². The highest BCUT2D eigenvalue weighted by molar-refractivity contribution is 8.18. The Bertz CT molecular complexity index is 711. The van der Waals surface area contributed by atoms with Crippen molar-refractivity contribution in [3.8, 4) is 0 Å². The Hall–Kier alpha value is -2.28. The number of carbonyl (C=O) groups excluding carboxylic acids is 3. The van der Waals surface area contributed by atoms with Crippen LogP contribution in [-0.4, -0.2) is 47.8 Å². The number of ether oxygens (including phenoxy) is 1. The maximum Gasteiger partial charge on any atom is 0.329 e. The predicted molar refractivity (Wildman–Crippen MR) is 104 cm³/mol. The number of imide groups is 1. The molecule has 7 heteroatoms. The second-order valence-electron chi connectivity index (χ2n) is 5.74. The third-order valence-electron chi connectivity index (χ3n) is 4.16. The van der Waals surface area contributed by atoms with E-state index in [4.69, 9.17) is 4.74 Å². The molecule has 1 aromatic carbocycles. The molecule has 140 valence electrons. The number of anilines is 1. The summed E-state index contributed by atoms with van der Waals surface area (Å²) >= 11 is 0.840. The van der Waals surface area contributed by atoms with Gasteiger partial charge in [-0.15, -0.1) is 0 Å². The molecular formula is C19H24N2O4S. The number of rotatable bonds is 7. The number of benzene rings is 1. The fraction of sp³-hybridized carbons (Fsp3) is 0.421. The molecule has 1 atom stereocenters. The summed E-state index contributed by atoms with van der Waals surface area (Å²) < 4.78 is 4.90. The molecule has 26 heavy (non-hydrogen) atoms. The fourth-order valence-electron chi connectivity index (χ4n) is 2.70. The van der Waals surface area contributed by atoms with Gasteiger partial charge in [-0.3, -0.25) is 14.5 Å². The first-order chi connectivity index (χ1) is 12.4. The second-order valence-corrected chi connectivity index (χ2v) is 6.74. The SMILES string of the molecule is CCOC(=O)C(C)N1C(=O)SC(=Cc2ccc(N(CC)CC)cc2)C1=O. The predicted octanol–water partition coefficient (Wildman–Crippen LogP) is 3.52. The second kappa shape index (κ2) is 8.89. The van der Waals surface area contributed by atoms with Crippen molar-refractivity contribution in [1.29, 1.82) is 0 Å².